The van der Waals surface area contributed by atoms with Gasteiger partial charge >= 0.3 is 0 Å². The SMILES string of the molecule is O=S(=O)(c1ccc(Cl)cc1)c1nc(-c2ccco2)oc1NCc1ccc2c(c1)OCO2. The van der Waals surface area contributed by atoms with Gasteiger partial charge in [-0.2, -0.15) is 4.98 Å². The Kier molecular flexibility index (Phi) is 4.84. The van der Waals surface area contributed by atoms with Crippen LogP contribution in [0.3, 0.4) is 0 Å². The van der Waals surface area contributed by atoms with Crippen molar-refractivity contribution in [2.45, 2.75) is 16.5 Å². The fraction of sp³-hybridized carbons (Fsp3) is 0.0952. The zero-order valence-electron chi connectivity index (χ0n) is 15.9. The van der Waals surface area contributed by atoms with Gasteiger partial charge in [-0.05, 0) is 54.1 Å². The number of furan rings is 1. The van der Waals surface area contributed by atoms with E-state index in [1.165, 1.54) is 30.5 Å². The number of nitrogens with zero attached hydrogens (tertiary/aromatic N) is 1. The van der Waals surface area contributed by atoms with Crippen LogP contribution in [0.25, 0.3) is 11.7 Å². The summed E-state index contributed by atoms with van der Waals surface area (Å²) >= 11 is 5.90. The fourth-order valence-electron chi connectivity index (χ4n) is 3.06. The molecule has 2 aromatic heterocycles. The zero-order valence-corrected chi connectivity index (χ0v) is 17.4. The van der Waals surface area contributed by atoms with Crippen LogP contribution in [0, 0.1) is 0 Å². The minimum Gasteiger partial charge on any atom is -0.459 e. The van der Waals surface area contributed by atoms with Crippen LogP contribution < -0.4 is 14.8 Å². The molecule has 0 radical (unpaired) electrons. The van der Waals surface area contributed by atoms with Gasteiger partial charge < -0.3 is 23.6 Å². The van der Waals surface area contributed by atoms with E-state index in [4.69, 9.17) is 29.9 Å². The number of hydrogen-bond acceptors (Lipinski definition) is 8. The Balaban J connectivity index is 1.50. The van der Waals surface area contributed by atoms with Crippen LogP contribution in [0.2, 0.25) is 5.02 Å². The van der Waals surface area contributed by atoms with E-state index in [0.717, 1.165) is 5.56 Å². The number of nitrogens with one attached hydrogen (secondary N) is 1. The third-order valence-corrected chi connectivity index (χ3v) is 6.53. The Hall–Kier alpha value is -3.43. The molecule has 0 fully saturated rings. The molecule has 5 rings (SSSR count). The summed E-state index contributed by atoms with van der Waals surface area (Å²) in [6.07, 6.45) is 1.45. The molecular formula is C21H15ClN2O6S. The number of ether oxygens (including phenoxy) is 2. The number of aromatic nitrogens is 1. The molecule has 31 heavy (non-hydrogen) atoms. The molecule has 2 aromatic carbocycles. The van der Waals surface area contributed by atoms with Gasteiger partial charge in [-0.1, -0.05) is 17.7 Å². The number of oxazole rings is 1. The van der Waals surface area contributed by atoms with E-state index < -0.39 is 9.84 Å². The predicted octanol–water partition coefficient (Wildman–Crippen LogP) is 4.76. The van der Waals surface area contributed by atoms with Crippen molar-refractivity contribution >= 4 is 27.3 Å². The minimum absolute atomic E-state index is 0.000910. The van der Waals surface area contributed by atoms with Crippen LogP contribution in [0.5, 0.6) is 11.5 Å². The fourth-order valence-corrected chi connectivity index (χ4v) is 4.47. The van der Waals surface area contributed by atoms with Crippen LogP contribution in [0.1, 0.15) is 5.56 Å². The summed E-state index contributed by atoms with van der Waals surface area (Å²) in [4.78, 5) is 4.25. The molecule has 1 N–H and O–H groups in total. The lowest BCUT2D eigenvalue weighted by Gasteiger charge is -2.07. The number of sulfone groups is 1. The molecule has 0 amide bonds. The highest BCUT2D eigenvalue weighted by Crippen LogP contribution is 2.35. The van der Waals surface area contributed by atoms with Crippen LogP contribution >= 0.6 is 11.6 Å². The monoisotopic (exact) mass is 458 g/mol. The second kappa shape index (κ2) is 7.68. The highest BCUT2D eigenvalue weighted by Gasteiger charge is 2.29. The molecule has 0 bridgehead atoms. The number of fused-ring (bicyclic) bond motifs is 1. The van der Waals surface area contributed by atoms with Gasteiger partial charge in [-0.25, -0.2) is 8.42 Å². The number of rotatable bonds is 6. The Bertz CT molecular complexity index is 1330. The second-order valence-electron chi connectivity index (χ2n) is 6.63. The molecule has 0 unspecified atom stereocenters. The van der Waals surface area contributed by atoms with Gasteiger partial charge in [0, 0.05) is 11.6 Å². The normalized spacial score (nSPS) is 12.8. The van der Waals surface area contributed by atoms with E-state index in [2.05, 4.69) is 10.3 Å². The maximum Gasteiger partial charge on any atom is 0.266 e. The topological polar surface area (TPSA) is 104 Å². The van der Waals surface area contributed by atoms with Crippen molar-refractivity contribution in [1.29, 1.82) is 0 Å². The first-order valence-corrected chi connectivity index (χ1v) is 11.0. The zero-order chi connectivity index (χ0) is 21.4. The lowest BCUT2D eigenvalue weighted by atomic mass is 10.2. The summed E-state index contributed by atoms with van der Waals surface area (Å²) in [5.41, 5.74) is 0.843. The summed E-state index contributed by atoms with van der Waals surface area (Å²) < 4.78 is 48.2. The molecular weight excluding hydrogens is 444 g/mol. The van der Waals surface area contributed by atoms with Crippen molar-refractivity contribution in [2.75, 3.05) is 12.1 Å². The average molecular weight is 459 g/mol. The van der Waals surface area contributed by atoms with Crippen LogP contribution in [0.4, 0.5) is 5.88 Å². The summed E-state index contributed by atoms with van der Waals surface area (Å²) in [7, 11) is -3.98. The summed E-state index contributed by atoms with van der Waals surface area (Å²) in [5, 5.41) is 3.20. The van der Waals surface area contributed by atoms with Crippen molar-refractivity contribution in [1.82, 2.24) is 4.98 Å². The maximum absolute atomic E-state index is 13.2. The van der Waals surface area contributed by atoms with Crippen molar-refractivity contribution in [3.8, 4) is 23.1 Å². The molecule has 158 valence electrons. The Morgan fingerprint density at radius 1 is 1.03 bits per heavy atom. The van der Waals surface area contributed by atoms with Gasteiger partial charge in [0.1, 0.15) is 0 Å². The van der Waals surface area contributed by atoms with Gasteiger partial charge in [-0.3, -0.25) is 0 Å². The highest BCUT2D eigenvalue weighted by atomic mass is 35.5. The van der Waals surface area contributed by atoms with E-state index in [1.807, 2.05) is 12.1 Å². The van der Waals surface area contributed by atoms with Crippen molar-refractivity contribution in [3.05, 3.63) is 71.4 Å². The van der Waals surface area contributed by atoms with Crippen molar-refractivity contribution in [2.24, 2.45) is 0 Å². The van der Waals surface area contributed by atoms with Crippen LogP contribution in [-0.4, -0.2) is 20.2 Å². The number of halogens is 1. The Morgan fingerprint density at radius 2 is 1.84 bits per heavy atom. The number of anilines is 1. The largest absolute Gasteiger partial charge is 0.459 e. The summed E-state index contributed by atoms with van der Waals surface area (Å²) in [6.45, 7) is 0.441. The average Bonchev–Trinajstić information content (AvgIpc) is 3.52. The minimum atomic E-state index is -3.98. The predicted molar refractivity (Wildman–Crippen MR) is 111 cm³/mol. The maximum atomic E-state index is 13.2. The quantitative estimate of drug-likeness (QED) is 0.441. The second-order valence-corrected chi connectivity index (χ2v) is 8.93. The van der Waals surface area contributed by atoms with Crippen molar-refractivity contribution in [3.63, 3.8) is 0 Å². The van der Waals surface area contributed by atoms with Crippen LogP contribution in [0.15, 0.2) is 79.6 Å². The summed E-state index contributed by atoms with van der Waals surface area (Å²) in [5.74, 6) is 1.64. The molecule has 0 atom stereocenters. The third-order valence-electron chi connectivity index (χ3n) is 4.60. The number of hydrogen-bond donors (Lipinski definition) is 1. The molecule has 10 heteroatoms. The molecule has 0 spiro atoms. The molecule has 1 aliphatic rings. The van der Waals surface area contributed by atoms with Gasteiger partial charge in [0.2, 0.25) is 27.5 Å². The Morgan fingerprint density at radius 3 is 2.61 bits per heavy atom. The summed E-state index contributed by atoms with van der Waals surface area (Å²) in [6, 6.07) is 14.6. The van der Waals surface area contributed by atoms with Gasteiger partial charge in [0.05, 0.1) is 11.2 Å². The molecule has 0 aliphatic carbocycles. The smallest absolute Gasteiger partial charge is 0.266 e. The van der Waals surface area contributed by atoms with Crippen molar-refractivity contribution < 1.29 is 26.7 Å². The van der Waals surface area contributed by atoms with E-state index in [-0.39, 0.29) is 35.0 Å². The number of benzene rings is 2. The Labute approximate surface area is 182 Å². The molecule has 8 nitrogen and oxygen atoms in total. The van der Waals surface area contributed by atoms with E-state index in [9.17, 15) is 8.42 Å². The molecule has 0 saturated carbocycles. The van der Waals surface area contributed by atoms with Gasteiger partial charge in [0.15, 0.2) is 17.3 Å². The highest BCUT2D eigenvalue weighted by molar-refractivity contribution is 7.91. The lowest BCUT2D eigenvalue weighted by Crippen LogP contribution is -2.07. The first kappa shape index (κ1) is 19.5. The standard InChI is InChI=1S/C21H15ClN2O6S/c22-14-4-6-15(7-5-14)31(25,26)21-20(30-19(24-21)17-2-1-9-27-17)23-11-13-3-8-16-18(10-13)29-12-28-16/h1-10,23H,11-12H2. The van der Waals surface area contributed by atoms with Crippen LogP contribution in [-0.2, 0) is 16.4 Å². The molecule has 0 saturated heterocycles. The van der Waals surface area contributed by atoms with E-state index in [0.29, 0.717) is 22.3 Å². The molecule has 1 aliphatic heterocycles. The van der Waals surface area contributed by atoms with Gasteiger partial charge in [0.25, 0.3) is 5.89 Å². The van der Waals surface area contributed by atoms with E-state index in [1.54, 1.807) is 18.2 Å². The van der Waals surface area contributed by atoms with Gasteiger partial charge in [-0.15, -0.1) is 0 Å². The molecule has 4 aromatic rings. The first-order chi connectivity index (χ1) is 15.0. The lowest BCUT2D eigenvalue weighted by molar-refractivity contribution is 0.174. The molecule has 3 heterocycles. The van der Waals surface area contributed by atoms with E-state index >= 15 is 0 Å². The first-order valence-electron chi connectivity index (χ1n) is 9.18. The third kappa shape index (κ3) is 3.73.